The number of H-pyrrole nitrogens is 1. The fourth-order valence-corrected chi connectivity index (χ4v) is 7.35. The Labute approximate surface area is 270 Å². The van der Waals surface area contributed by atoms with Crippen molar-refractivity contribution < 1.29 is 4.42 Å². The zero-order valence-electron chi connectivity index (χ0n) is 25.4. The van der Waals surface area contributed by atoms with Gasteiger partial charge in [-0.15, -0.1) is 0 Å². The lowest BCUT2D eigenvalue weighted by molar-refractivity contribution is 0.670. The summed E-state index contributed by atoms with van der Waals surface area (Å²) in [6.07, 6.45) is 0. The lowest BCUT2D eigenvalue weighted by atomic mass is 9.99. The molecule has 10 aromatic rings. The Kier molecular flexibility index (Phi) is 5.57. The fraction of sp³-hybridized carbons (Fsp3) is 0. The minimum Gasteiger partial charge on any atom is -0.453 e. The number of para-hydroxylation sites is 4. The number of furan rings is 1. The fourth-order valence-electron chi connectivity index (χ4n) is 7.35. The summed E-state index contributed by atoms with van der Waals surface area (Å²) in [7, 11) is 0. The Morgan fingerprint density at radius 2 is 0.957 bits per heavy atom. The molecule has 0 aliphatic rings. The van der Waals surface area contributed by atoms with E-state index < -0.39 is 0 Å². The van der Waals surface area contributed by atoms with Crippen LogP contribution in [0, 0.1) is 0 Å². The van der Waals surface area contributed by atoms with Gasteiger partial charge in [0, 0.05) is 49.6 Å². The van der Waals surface area contributed by atoms with Crippen LogP contribution < -0.4 is 4.90 Å². The van der Waals surface area contributed by atoms with Crippen molar-refractivity contribution in [3.05, 3.63) is 164 Å². The third-order valence-electron chi connectivity index (χ3n) is 9.56. The van der Waals surface area contributed by atoms with Crippen molar-refractivity contribution in [2.75, 3.05) is 4.90 Å². The maximum Gasteiger partial charge on any atom is 0.159 e. The highest BCUT2D eigenvalue weighted by Crippen LogP contribution is 2.45. The number of fused-ring (bicyclic) bond motifs is 8. The predicted octanol–water partition coefficient (Wildman–Crippen LogP) is 12.7. The summed E-state index contributed by atoms with van der Waals surface area (Å²) in [6.45, 7) is 0. The predicted molar refractivity (Wildman–Crippen MR) is 198 cm³/mol. The van der Waals surface area contributed by atoms with Crippen LogP contribution in [0.4, 0.5) is 17.1 Å². The van der Waals surface area contributed by atoms with E-state index >= 15 is 0 Å². The third kappa shape index (κ3) is 4.00. The number of hydrogen-bond acceptors (Lipinski definition) is 2. The summed E-state index contributed by atoms with van der Waals surface area (Å²) >= 11 is 0. The topological polar surface area (TPSA) is 32.2 Å². The smallest absolute Gasteiger partial charge is 0.159 e. The maximum atomic E-state index is 7.04. The van der Waals surface area contributed by atoms with Gasteiger partial charge in [-0.05, 0) is 57.9 Å². The van der Waals surface area contributed by atoms with Crippen LogP contribution in [0.3, 0.4) is 0 Å². The molecule has 1 N–H and O–H groups in total. The molecule has 0 saturated carbocycles. The lowest BCUT2D eigenvalue weighted by Crippen LogP contribution is -2.10. The largest absolute Gasteiger partial charge is 0.453 e. The molecule has 2 heterocycles. The molecular weight excluding hydrogens is 572 g/mol. The van der Waals surface area contributed by atoms with E-state index in [0.29, 0.717) is 0 Å². The van der Waals surface area contributed by atoms with Crippen molar-refractivity contribution in [2.24, 2.45) is 0 Å². The molecule has 220 valence electrons. The van der Waals surface area contributed by atoms with Crippen molar-refractivity contribution in [3.8, 4) is 11.1 Å². The Bertz CT molecular complexity index is 2740. The first-order chi connectivity index (χ1) is 23.3. The number of benzene rings is 8. The van der Waals surface area contributed by atoms with Gasteiger partial charge in [-0.25, -0.2) is 0 Å². The highest BCUT2D eigenvalue weighted by Gasteiger charge is 2.22. The monoisotopic (exact) mass is 600 g/mol. The van der Waals surface area contributed by atoms with Gasteiger partial charge >= 0.3 is 0 Å². The van der Waals surface area contributed by atoms with E-state index in [2.05, 4.69) is 174 Å². The van der Waals surface area contributed by atoms with Crippen molar-refractivity contribution >= 4 is 82.4 Å². The Morgan fingerprint density at radius 1 is 0.404 bits per heavy atom. The lowest BCUT2D eigenvalue weighted by Gasteiger charge is -2.26. The number of hydrogen-bond donors (Lipinski definition) is 1. The third-order valence-corrected chi connectivity index (χ3v) is 9.56. The number of aromatic amines is 1. The number of anilines is 3. The molecule has 0 radical (unpaired) electrons. The number of aromatic nitrogens is 1. The first-order valence-corrected chi connectivity index (χ1v) is 16.0. The molecule has 10 rings (SSSR count). The molecule has 0 fully saturated rings. The van der Waals surface area contributed by atoms with Crippen molar-refractivity contribution in [3.63, 3.8) is 0 Å². The van der Waals surface area contributed by atoms with E-state index in [1.807, 2.05) is 0 Å². The molecule has 0 spiro atoms. The zero-order chi connectivity index (χ0) is 30.9. The van der Waals surface area contributed by atoms with Crippen molar-refractivity contribution in [1.29, 1.82) is 0 Å². The van der Waals surface area contributed by atoms with Crippen LogP contribution in [-0.4, -0.2) is 4.98 Å². The minimum absolute atomic E-state index is 0.861. The second-order valence-electron chi connectivity index (χ2n) is 12.2. The molecule has 0 bridgehead atoms. The van der Waals surface area contributed by atoms with E-state index in [9.17, 15) is 0 Å². The molecule has 0 aliphatic heterocycles. The standard InChI is InChI=1S/C44H28N2O/c1-3-12-30-26-32(24-22-28(30)10-1)46(33-25-23-29-11-2-4-13-31(29)27-33)41-21-9-19-39-38-18-8-17-37(43(38)47-44(39)41)36-16-7-15-35-34-14-5-6-20-40(34)45-42(35)36/h1-27,45H. The first-order valence-electron chi connectivity index (χ1n) is 16.0. The highest BCUT2D eigenvalue weighted by molar-refractivity contribution is 6.17. The van der Waals surface area contributed by atoms with E-state index in [4.69, 9.17) is 4.42 Å². The van der Waals surface area contributed by atoms with Gasteiger partial charge < -0.3 is 14.3 Å². The molecular formula is C44H28N2O. The number of rotatable bonds is 4. The minimum atomic E-state index is 0.861. The number of nitrogens with zero attached hydrogens (tertiary/aromatic N) is 1. The van der Waals surface area contributed by atoms with Crippen LogP contribution in [0.25, 0.3) is 76.4 Å². The summed E-state index contributed by atoms with van der Waals surface area (Å²) in [5.41, 5.74) is 9.36. The van der Waals surface area contributed by atoms with E-state index in [1.54, 1.807) is 0 Å². The average Bonchev–Trinajstić information content (AvgIpc) is 3.71. The molecule has 3 nitrogen and oxygen atoms in total. The molecule has 0 amide bonds. The van der Waals surface area contributed by atoms with Gasteiger partial charge in [0.05, 0.1) is 11.2 Å². The summed E-state index contributed by atoms with van der Waals surface area (Å²) in [6, 6.07) is 58.4. The summed E-state index contributed by atoms with van der Waals surface area (Å²) in [5.74, 6) is 0. The SMILES string of the molecule is c1ccc2cc(N(c3ccc4ccccc4c3)c3cccc4c3oc3c(-c5cccc6c5[nH]c5ccccc56)cccc34)ccc2c1. The Hall–Kier alpha value is -6.32. The second-order valence-corrected chi connectivity index (χ2v) is 12.2. The van der Waals surface area contributed by atoms with Gasteiger partial charge in [-0.2, -0.15) is 0 Å². The van der Waals surface area contributed by atoms with Crippen molar-refractivity contribution in [1.82, 2.24) is 4.98 Å². The van der Waals surface area contributed by atoms with Gasteiger partial charge in [0.15, 0.2) is 5.58 Å². The first kappa shape index (κ1) is 26.0. The quantitative estimate of drug-likeness (QED) is 0.218. The van der Waals surface area contributed by atoms with Crippen LogP contribution >= 0.6 is 0 Å². The molecule has 0 atom stereocenters. The van der Waals surface area contributed by atoms with Gasteiger partial charge in [0.1, 0.15) is 5.58 Å². The van der Waals surface area contributed by atoms with E-state index in [1.165, 1.54) is 32.3 Å². The molecule has 0 aliphatic carbocycles. The van der Waals surface area contributed by atoms with Crippen LogP contribution in [0.15, 0.2) is 168 Å². The summed E-state index contributed by atoms with van der Waals surface area (Å²) in [5, 5.41) is 9.46. The van der Waals surface area contributed by atoms with Gasteiger partial charge in [-0.3, -0.25) is 0 Å². The van der Waals surface area contributed by atoms with Gasteiger partial charge in [0.2, 0.25) is 0 Å². The van der Waals surface area contributed by atoms with Crippen LogP contribution in [0.2, 0.25) is 0 Å². The molecule has 0 saturated heterocycles. The molecule has 3 heteroatoms. The summed E-state index contributed by atoms with van der Waals surface area (Å²) in [4.78, 5) is 6.03. The average molecular weight is 601 g/mol. The molecule has 2 aromatic heterocycles. The maximum absolute atomic E-state index is 7.04. The van der Waals surface area contributed by atoms with Gasteiger partial charge in [0.25, 0.3) is 0 Å². The molecule has 47 heavy (non-hydrogen) atoms. The van der Waals surface area contributed by atoms with Crippen LogP contribution in [0.5, 0.6) is 0 Å². The normalized spacial score (nSPS) is 11.8. The second kappa shape index (κ2) is 10.1. The highest BCUT2D eigenvalue weighted by atomic mass is 16.3. The number of nitrogens with one attached hydrogen (secondary N) is 1. The van der Waals surface area contributed by atoms with E-state index in [0.717, 1.165) is 61.2 Å². The van der Waals surface area contributed by atoms with Gasteiger partial charge in [-0.1, -0.05) is 127 Å². The van der Waals surface area contributed by atoms with Crippen molar-refractivity contribution in [2.45, 2.75) is 0 Å². The Balaban J connectivity index is 1.24. The Morgan fingerprint density at radius 3 is 1.68 bits per heavy atom. The van der Waals surface area contributed by atoms with Crippen LogP contribution in [0.1, 0.15) is 0 Å². The van der Waals surface area contributed by atoms with E-state index in [-0.39, 0.29) is 0 Å². The molecule has 0 unspecified atom stereocenters. The molecule has 8 aromatic carbocycles. The zero-order valence-corrected chi connectivity index (χ0v) is 25.4. The summed E-state index contributed by atoms with van der Waals surface area (Å²) < 4.78 is 7.04. The van der Waals surface area contributed by atoms with Crippen LogP contribution in [-0.2, 0) is 0 Å².